The lowest BCUT2D eigenvalue weighted by molar-refractivity contribution is 0.584. The third kappa shape index (κ3) is 4.74. The first-order valence-electron chi connectivity index (χ1n) is 5.05. The second-order valence-corrected chi connectivity index (χ2v) is 3.75. The zero-order valence-electron chi connectivity index (χ0n) is 8.55. The summed E-state index contributed by atoms with van der Waals surface area (Å²) in [5, 5.41) is 0. The van der Waals surface area contributed by atoms with E-state index in [2.05, 4.69) is 0 Å². The van der Waals surface area contributed by atoms with E-state index in [1.54, 1.807) is 0 Å². The molecule has 1 saturated carbocycles. The number of hydrogen-bond acceptors (Lipinski definition) is 2. The van der Waals surface area contributed by atoms with Gasteiger partial charge in [-0.1, -0.05) is 12.8 Å². The first-order chi connectivity index (χ1) is 7.08. The molecule has 4 N–H and O–H groups in total. The molecule has 1 aromatic carbocycles. The quantitative estimate of drug-likeness (QED) is 0.652. The molecule has 4 heteroatoms. The molecule has 1 aliphatic rings. The third-order valence-corrected chi connectivity index (χ3v) is 2.28. The summed E-state index contributed by atoms with van der Waals surface area (Å²) >= 11 is 0. The Morgan fingerprint density at radius 2 is 1.47 bits per heavy atom. The van der Waals surface area contributed by atoms with E-state index in [1.807, 2.05) is 0 Å². The van der Waals surface area contributed by atoms with E-state index >= 15 is 0 Å². The van der Waals surface area contributed by atoms with Gasteiger partial charge in [-0.25, -0.2) is 8.78 Å². The summed E-state index contributed by atoms with van der Waals surface area (Å²) in [6, 6.07) is 3.44. The van der Waals surface area contributed by atoms with Crippen molar-refractivity contribution in [1.82, 2.24) is 0 Å². The predicted octanol–water partition coefficient (Wildman–Crippen LogP) is 2.43. The number of hydrogen-bond donors (Lipinski definition) is 2. The molecule has 0 unspecified atom stereocenters. The van der Waals surface area contributed by atoms with Gasteiger partial charge in [-0.3, -0.25) is 0 Å². The molecule has 1 aliphatic carbocycles. The number of rotatable bonds is 0. The smallest absolute Gasteiger partial charge is 0.128 e. The molecule has 0 atom stereocenters. The molecule has 0 aliphatic heterocycles. The molecular weight excluding hydrogens is 198 g/mol. The summed E-state index contributed by atoms with van der Waals surface area (Å²) in [6.07, 6.45) is 5.25. The lowest BCUT2D eigenvalue weighted by atomic mass is 10.3. The molecular formula is C11H16F2N2. The van der Waals surface area contributed by atoms with Gasteiger partial charge in [-0.2, -0.15) is 0 Å². The van der Waals surface area contributed by atoms with Crippen molar-refractivity contribution in [3.8, 4) is 0 Å². The molecule has 84 valence electrons. The predicted molar refractivity (Wildman–Crippen MR) is 57.2 cm³/mol. The Morgan fingerprint density at radius 1 is 1.00 bits per heavy atom. The fraction of sp³-hybridized carbons (Fsp3) is 0.455. The summed E-state index contributed by atoms with van der Waals surface area (Å²) in [5.74, 6) is -1.29. The van der Waals surface area contributed by atoms with Gasteiger partial charge in [0.05, 0.1) is 0 Å². The molecule has 2 nitrogen and oxygen atoms in total. The van der Waals surface area contributed by atoms with Crippen LogP contribution in [0.4, 0.5) is 14.5 Å². The van der Waals surface area contributed by atoms with Crippen LogP contribution in [-0.2, 0) is 0 Å². The van der Waals surface area contributed by atoms with Crippen molar-refractivity contribution < 1.29 is 8.78 Å². The van der Waals surface area contributed by atoms with E-state index in [4.69, 9.17) is 11.5 Å². The standard InChI is InChI=1S/C6H5F2N.C5H11N/c7-4-1-5(8)3-6(9)2-4;6-5-3-1-2-4-5/h1-3H,9H2;5H,1-4,6H2. The Labute approximate surface area is 88.3 Å². The van der Waals surface area contributed by atoms with Gasteiger partial charge >= 0.3 is 0 Å². The SMILES string of the molecule is NC1CCCC1.Nc1cc(F)cc(F)c1. The minimum absolute atomic E-state index is 0.104. The van der Waals surface area contributed by atoms with Crippen molar-refractivity contribution in [2.45, 2.75) is 31.7 Å². The molecule has 0 saturated heterocycles. The third-order valence-electron chi connectivity index (χ3n) is 2.28. The molecule has 0 amide bonds. The zero-order chi connectivity index (χ0) is 11.3. The van der Waals surface area contributed by atoms with Crippen LogP contribution >= 0.6 is 0 Å². The Kier molecular flexibility index (Phi) is 4.49. The van der Waals surface area contributed by atoms with Gasteiger partial charge in [-0.05, 0) is 25.0 Å². The van der Waals surface area contributed by atoms with Crippen LogP contribution in [0.15, 0.2) is 18.2 Å². The largest absolute Gasteiger partial charge is 0.399 e. The van der Waals surface area contributed by atoms with E-state index in [-0.39, 0.29) is 5.69 Å². The van der Waals surface area contributed by atoms with Gasteiger partial charge in [0.15, 0.2) is 0 Å². The molecule has 1 aromatic rings. The highest BCUT2D eigenvalue weighted by molar-refractivity contribution is 5.37. The topological polar surface area (TPSA) is 52.0 Å². The molecule has 15 heavy (non-hydrogen) atoms. The number of anilines is 1. The molecule has 0 bridgehead atoms. The van der Waals surface area contributed by atoms with Crippen molar-refractivity contribution in [3.63, 3.8) is 0 Å². The maximum Gasteiger partial charge on any atom is 0.128 e. The summed E-state index contributed by atoms with van der Waals surface area (Å²) < 4.78 is 24.2. The van der Waals surface area contributed by atoms with Crippen LogP contribution in [0.25, 0.3) is 0 Å². The minimum Gasteiger partial charge on any atom is -0.399 e. The second kappa shape index (κ2) is 5.66. The summed E-state index contributed by atoms with van der Waals surface area (Å²) in [5.41, 5.74) is 10.7. The average Bonchev–Trinajstić information content (AvgIpc) is 2.54. The van der Waals surface area contributed by atoms with Gasteiger partial charge < -0.3 is 11.5 Å². The number of halogens is 2. The molecule has 0 spiro atoms. The minimum atomic E-state index is -0.646. The molecule has 2 rings (SSSR count). The van der Waals surface area contributed by atoms with Crippen LogP contribution in [0, 0.1) is 11.6 Å². The van der Waals surface area contributed by atoms with Crippen LogP contribution in [0.1, 0.15) is 25.7 Å². The molecule has 0 aromatic heterocycles. The lowest BCUT2D eigenvalue weighted by Crippen LogP contribution is -2.13. The Morgan fingerprint density at radius 3 is 1.73 bits per heavy atom. The Bertz CT molecular complexity index is 259. The van der Waals surface area contributed by atoms with E-state index in [1.165, 1.54) is 25.7 Å². The van der Waals surface area contributed by atoms with Gasteiger partial charge in [0, 0.05) is 17.8 Å². The highest BCUT2D eigenvalue weighted by Crippen LogP contribution is 2.14. The van der Waals surface area contributed by atoms with Crippen molar-refractivity contribution in [3.05, 3.63) is 29.8 Å². The van der Waals surface area contributed by atoms with Crippen LogP contribution in [0.2, 0.25) is 0 Å². The highest BCUT2D eigenvalue weighted by Gasteiger charge is 2.07. The fourth-order valence-corrected chi connectivity index (χ4v) is 1.53. The summed E-state index contributed by atoms with van der Waals surface area (Å²) in [6.45, 7) is 0. The van der Waals surface area contributed by atoms with Gasteiger partial charge in [0.2, 0.25) is 0 Å². The normalized spacial score (nSPS) is 15.9. The molecule has 0 heterocycles. The molecule has 0 radical (unpaired) electrons. The Hall–Kier alpha value is -1.16. The first kappa shape index (κ1) is 11.9. The maximum absolute atomic E-state index is 12.1. The lowest BCUT2D eigenvalue weighted by Gasteiger charge is -1.92. The van der Waals surface area contributed by atoms with E-state index < -0.39 is 11.6 Å². The van der Waals surface area contributed by atoms with E-state index in [9.17, 15) is 8.78 Å². The fourth-order valence-electron chi connectivity index (χ4n) is 1.53. The van der Waals surface area contributed by atoms with Crippen LogP contribution < -0.4 is 11.5 Å². The first-order valence-corrected chi connectivity index (χ1v) is 5.05. The van der Waals surface area contributed by atoms with Crippen molar-refractivity contribution in [2.24, 2.45) is 5.73 Å². The monoisotopic (exact) mass is 214 g/mol. The van der Waals surface area contributed by atoms with E-state index in [0.717, 1.165) is 18.2 Å². The van der Waals surface area contributed by atoms with Gasteiger partial charge in [0.1, 0.15) is 11.6 Å². The van der Waals surface area contributed by atoms with Gasteiger partial charge in [0.25, 0.3) is 0 Å². The van der Waals surface area contributed by atoms with Crippen LogP contribution in [0.5, 0.6) is 0 Å². The van der Waals surface area contributed by atoms with Crippen molar-refractivity contribution in [2.75, 3.05) is 5.73 Å². The highest BCUT2D eigenvalue weighted by atomic mass is 19.1. The molecule has 1 fully saturated rings. The summed E-state index contributed by atoms with van der Waals surface area (Å²) in [7, 11) is 0. The van der Waals surface area contributed by atoms with Gasteiger partial charge in [-0.15, -0.1) is 0 Å². The summed E-state index contributed by atoms with van der Waals surface area (Å²) in [4.78, 5) is 0. The van der Waals surface area contributed by atoms with Crippen LogP contribution in [-0.4, -0.2) is 6.04 Å². The van der Waals surface area contributed by atoms with Crippen LogP contribution in [0.3, 0.4) is 0 Å². The van der Waals surface area contributed by atoms with E-state index in [0.29, 0.717) is 6.04 Å². The Balaban J connectivity index is 0.000000162. The maximum atomic E-state index is 12.1. The second-order valence-electron chi connectivity index (χ2n) is 3.75. The average molecular weight is 214 g/mol. The van der Waals surface area contributed by atoms with Crippen molar-refractivity contribution >= 4 is 5.69 Å². The number of nitrogens with two attached hydrogens (primary N) is 2. The van der Waals surface area contributed by atoms with Crippen molar-refractivity contribution in [1.29, 1.82) is 0 Å². The number of benzene rings is 1. The zero-order valence-corrected chi connectivity index (χ0v) is 8.55. The number of nitrogen functional groups attached to an aromatic ring is 1.